The van der Waals surface area contributed by atoms with Crippen LogP contribution in [0.4, 0.5) is 0 Å². The first kappa shape index (κ1) is 39.2. The van der Waals surface area contributed by atoms with Crippen molar-refractivity contribution in [3.63, 3.8) is 0 Å². The minimum Gasteiger partial charge on any atom is -0.437 e. The van der Waals surface area contributed by atoms with Gasteiger partial charge in [-0.1, -0.05) is 85.7 Å². The SMILES string of the molecule is CCC[C@H](O)C[C@@H](O)CC(=O)CCc1ccc2c(c1)O[C@@H]1[C@H](C#C[C@@H](O)c3ccc([C@H](N)NCCc4ccccc4)cc3CC3=C4C[NH+]1C=C4N=C3)CC#CO2. The standard InChI is InChI=1S/C46H50N4O6/c1-2-7-36(51)25-38(53)26-37(52)15-11-31-12-18-43-44(22-31)56-46-32(10-6-21-55-43)14-17-42(54)39-16-13-33(45(47)48-20-19-30-8-4-3-5-9-30)23-34(39)24-35-27-49-41-29-50(46)28-40(35)41/h3-5,8-9,12-13,16,18,22-23,27,29,32,36,38,42,45-46,48,51,53-54H,2,7,10-11,15,19-20,24-26,28,47H2,1H3/p+1/t32-,36-,38+,42+,45+,46+/m0/s1. The number of aryl methyl sites for hydroxylation is 1. The molecule has 0 saturated heterocycles. The summed E-state index contributed by atoms with van der Waals surface area (Å²) < 4.78 is 12.7. The van der Waals surface area contributed by atoms with E-state index in [1.807, 2.05) is 55.6 Å². The van der Waals surface area contributed by atoms with Gasteiger partial charge >= 0.3 is 0 Å². The van der Waals surface area contributed by atoms with E-state index in [-0.39, 0.29) is 31.2 Å². The first-order chi connectivity index (χ1) is 27.2. The van der Waals surface area contributed by atoms with Crippen LogP contribution in [0.25, 0.3) is 0 Å². The lowest BCUT2D eigenvalue weighted by Crippen LogP contribution is -3.12. The maximum absolute atomic E-state index is 12.8. The molecule has 0 saturated carbocycles. The molecule has 4 aliphatic heterocycles. The van der Waals surface area contributed by atoms with Crippen molar-refractivity contribution >= 4 is 12.0 Å². The molecule has 3 aromatic carbocycles. The molecule has 10 nitrogen and oxygen atoms in total. The van der Waals surface area contributed by atoms with Crippen LogP contribution in [0.3, 0.4) is 0 Å². The van der Waals surface area contributed by atoms with Gasteiger partial charge in [0.2, 0.25) is 0 Å². The third-order valence-electron chi connectivity index (χ3n) is 10.9. The lowest BCUT2D eigenvalue weighted by molar-refractivity contribution is -0.889. The lowest BCUT2D eigenvalue weighted by Gasteiger charge is -2.28. The summed E-state index contributed by atoms with van der Waals surface area (Å²) in [5.74, 6) is 10.1. The fourth-order valence-corrected chi connectivity index (χ4v) is 7.82. The zero-order chi connectivity index (χ0) is 39.0. The average Bonchev–Trinajstić information content (AvgIpc) is 3.79. The molecule has 7 atom stereocenters. The van der Waals surface area contributed by atoms with E-state index < -0.39 is 30.5 Å². The molecule has 0 aromatic heterocycles. The maximum Gasteiger partial charge on any atom is 0.251 e. The predicted molar refractivity (Wildman–Crippen MR) is 214 cm³/mol. The van der Waals surface area contributed by atoms with E-state index in [1.165, 1.54) is 5.56 Å². The molecule has 0 aliphatic carbocycles. The molecule has 56 heavy (non-hydrogen) atoms. The second-order valence-corrected chi connectivity index (χ2v) is 15.1. The van der Waals surface area contributed by atoms with Crippen molar-refractivity contribution in [3.05, 3.63) is 118 Å². The Morgan fingerprint density at radius 2 is 1.89 bits per heavy atom. The van der Waals surface area contributed by atoms with Crippen LogP contribution in [0.5, 0.6) is 11.5 Å². The quantitative estimate of drug-likeness (QED) is 0.108. The summed E-state index contributed by atoms with van der Waals surface area (Å²) in [6.07, 6.45) is 7.52. The van der Waals surface area contributed by atoms with Crippen molar-refractivity contribution in [2.24, 2.45) is 16.6 Å². The number of carbonyl (C=O) groups excluding carboxylic acids is 1. The first-order valence-corrected chi connectivity index (χ1v) is 19.7. The van der Waals surface area contributed by atoms with Crippen molar-refractivity contribution in [3.8, 4) is 35.4 Å². The average molecular weight is 756 g/mol. The number of ketones is 1. The topological polar surface area (TPSA) is 151 Å². The predicted octanol–water partition coefficient (Wildman–Crippen LogP) is 3.76. The molecule has 4 heterocycles. The molecule has 2 bridgehead atoms. The van der Waals surface area contributed by atoms with Crippen molar-refractivity contribution in [1.82, 2.24) is 5.32 Å². The van der Waals surface area contributed by atoms with E-state index >= 15 is 0 Å². The summed E-state index contributed by atoms with van der Waals surface area (Å²) in [6, 6.07) is 21.8. The molecule has 4 aliphatic rings. The van der Waals surface area contributed by atoms with Gasteiger partial charge in [0.15, 0.2) is 11.5 Å². The number of aliphatic hydroxyl groups excluding tert-OH is 3. The summed E-state index contributed by atoms with van der Waals surface area (Å²) >= 11 is 0. The first-order valence-electron chi connectivity index (χ1n) is 19.7. The molecule has 7 N–H and O–H groups in total. The molecule has 290 valence electrons. The molecule has 0 spiro atoms. The Morgan fingerprint density at radius 1 is 1.04 bits per heavy atom. The second kappa shape index (κ2) is 18.3. The number of rotatable bonds is 14. The largest absolute Gasteiger partial charge is 0.437 e. The third kappa shape index (κ3) is 9.66. The molecule has 1 unspecified atom stereocenters. The van der Waals surface area contributed by atoms with Gasteiger partial charge in [-0.2, -0.15) is 0 Å². The van der Waals surface area contributed by atoms with Crippen molar-refractivity contribution in [2.75, 3.05) is 13.1 Å². The van der Waals surface area contributed by atoms with E-state index in [4.69, 9.17) is 20.2 Å². The van der Waals surface area contributed by atoms with Crippen LogP contribution < -0.4 is 25.4 Å². The molecule has 7 rings (SSSR count). The summed E-state index contributed by atoms with van der Waals surface area (Å²) in [7, 11) is 0. The third-order valence-corrected chi connectivity index (χ3v) is 10.9. The van der Waals surface area contributed by atoms with Crippen molar-refractivity contribution < 1.29 is 34.5 Å². The normalized spacial score (nSPS) is 22.2. The zero-order valence-corrected chi connectivity index (χ0v) is 31.8. The minimum atomic E-state index is -1.05. The zero-order valence-electron chi connectivity index (χ0n) is 31.8. The highest BCUT2D eigenvalue weighted by molar-refractivity contribution is 5.87. The maximum atomic E-state index is 12.8. The van der Waals surface area contributed by atoms with Gasteiger partial charge in [0.25, 0.3) is 6.23 Å². The number of aliphatic hydroxyl groups is 3. The van der Waals surface area contributed by atoms with Gasteiger partial charge in [-0.3, -0.25) is 20.0 Å². The Bertz CT molecular complexity index is 2120. The van der Waals surface area contributed by atoms with Crippen LogP contribution in [0.1, 0.15) is 85.5 Å². The van der Waals surface area contributed by atoms with Gasteiger partial charge in [0.05, 0.1) is 18.4 Å². The molecular formula is C46H51N4O6+. The number of ether oxygens (including phenoxy) is 2. The number of hydrogen-bond donors (Lipinski definition) is 6. The van der Waals surface area contributed by atoms with E-state index in [9.17, 15) is 20.1 Å². The lowest BCUT2D eigenvalue weighted by atomic mass is 9.92. The van der Waals surface area contributed by atoms with E-state index in [0.29, 0.717) is 43.7 Å². The number of quaternary nitrogens is 1. The minimum absolute atomic E-state index is 0.00801. The van der Waals surface area contributed by atoms with Gasteiger partial charge in [0, 0.05) is 37.6 Å². The van der Waals surface area contributed by atoms with Crippen LogP contribution >= 0.6 is 0 Å². The van der Waals surface area contributed by atoms with Gasteiger partial charge in [-0.05, 0) is 77.6 Å². The van der Waals surface area contributed by atoms with Crippen molar-refractivity contribution in [1.29, 1.82) is 0 Å². The van der Waals surface area contributed by atoms with Gasteiger partial charge < -0.3 is 30.5 Å². The summed E-state index contributed by atoms with van der Waals surface area (Å²) in [4.78, 5) is 18.6. The highest BCUT2D eigenvalue weighted by Gasteiger charge is 2.40. The smallest absolute Gasteiger partial charge is 0.251 e. The second-order valence-electron chi connectivity index (χ2n) is 15.1. The van der Waals surface area contributed by atoms with E-state index in [2.05, 4.69) is 53.6 Å². The number of benzene rings is 3. The number of aliphatic imine (C=N–C) groups is 1. The molecule has 0 radical (unpaired) electrons. The fraction of sp³-hybridized carbons (Fsp3) is 0.391. The highest BCUT2D eigenvalue weighted by Crippen LogP contribution is 2.34. The Kier molecular flexibility index (Phi) is 12.8. The number of hydrogen-bond acceptors (Lipinski definition) is 9. The van der Waals surface area contributed by atoms with Crippen molar-refractivity contribution in [2.45, 2.75) is 95.4 Å². The van der Waals surface area contributed by atoms with Crippen LogP contribution in [-0.2, 0) is 24.1 Å². The van der Waals surface area contributed by atoms with Crippen LogP contribution in [0.2, 0.25) is 0 Å². The number of carbonyl (C=O) groups is 1. The number of fused-ring (bicyclic) bond motifs is 5. The molecular weight excluding hydrogens is 705 g/mol. The summed E-state index contributed by atoms with van der Waals surface area (Å²) in [6.45, 7) is 3.34. The number of nitrogens with one attached hydrogen (secondary N) is 2. The summed E-state index contributed by atoms with van der Waals surface area (Å²) in [5, 5.41) is 35.4. The highest BCUT2D eigenvalue weighted by atomic mass is 16.5. The fourth-order valence-electron chi connectivity index (χ4n) is 7.82. The number of Topliss-reactive ketones (excluding diaryl/α,β-unsaturated/α-hetero) is 1. The molecule has 10 heteroatoms. The summed E-state index contributed by atoms with van der Waals surface area (Å²) in [5.41, 5.74) is 14.5. The van der Waals surface area contributed by atoms with Crippen LogP contribution in [0.15, 0.2) is 94.8 Å². The van der Waals surface area contributed by atoms with Gasteiger partial charge in [-0.15, -0.1) is 0 Å². The molecule has 0 amide bonds. The van der Waals surface area contributed by atoms with E-state index in [0.717, 1.165) is 63.4 Å². The monoisotopic (exact) mass is 755 g/mol. The Morgan fingerprint density at radius 3 is 2.73 bits per heavy atom. The molecule has 3 aromatic rings. The van der Waals surface area contributed by atoms with Crippen LogP contribution in [0, 0.1) is 29.8 Å². The Labute approximate surface area is 329 Å². The van der Waals surface area contributed by atoms with Gasteiger partial charge in [-0.25, -0.2) is 0 Å². The number of nitrogens with two attached hydrogens (primary N) is 1. The van der Waals surface area contributed by atoms with Gasteiger partial charge in [0.1, 0.15) is 42.4 Å². The van der Waals surface area contributed by atoms with E-state index in [1.54, 1.807) is 6.07 Å². The number of allylic oxidation sites excluding steroid dienone is 1. The number of nitrogens with zero attached hydrogens (tertiary/aromatic N) is 1. The Hall–Kier alpha value is -5.04. The Balaban J connectivity index is 1.11. The van der Waals surface area contributed by atoms with Crippen LogP contribution in [-0.4, -0.2) is 58.8 Å². The molecule has 0 fully saturated rings.